The van der Waals surface area contributed by atoms with Crippen molar-refractivity contribution in [3.63, 3.8) is 0 Å². The Hall–Kier alpha value is -1.48. The Balaban J connectivity index is 2.72. The van der Waals surface area contributed by atoms with Crippen molar-refractivity contribution >= 4 is 10.9 Å². The van der Waals surface area contributed by atoms with Crippen LogP contribution in [0.15, 0.2) is 30.5 Å². The Bertz CT molecular complexity index is 420. The van der Waals surface area contributed by atoms with Crippen LogP contribution in [0.25, 0.3) is 10.9 Å². The van der Waals surface area contributed by atoms with E-state index in [0.29, 0.717) is 0 Å². The molecule has 1 heterocycles. The summed E-state index contributed by atoms with van der Waals surface area (Å²) in [4.78, 5) is 5.10. The number of fused-ring (bicyclic) bond motifs is 1. The molecule has 13 heavy (non-hydrogen) atoms. The fourth-order valence-electron chi connectivity index (χ4n) is 1.50. The molecular formula is C10H11NO2. The van der Waals surface area contributed by atoms with Gasteiger partial charge < -0.3 is 9.94 Å². The normalized spacial score (nSPS) is 10.6. The smallest absolute Gasteiger partial charge is 0.104 e. The van der Waals surface area contributed by atoms with Crippen molar-refractivity contribution in [3.05, 3.63) is 36.0 Å². The lowest BCUT2D eigenvalue weighted by atomic mass is 10.1. The van der Waals surface area contributed by atoms with Crippen LogP contribution in [0.1, 0.15) is 5.56 Å². The summed E-state index contributed by atoms with van der Waals surface area (Å²) in [5.74, 6) is 0. The number of hydrogen-bond acceptors (Lipinski definition) is 2. The molecule has 0 aliphatic rings. The van der Waals surface area contributed by atoms with E-state index in [9.17, 15) is 0 Å². The minimum atomic E-state index is 0.0606. The lowest BCUT2D eigenvalue weighted by molar-refractivity contribution is 0.179. The molecule has 68 valence electrons. The molecule has 0 atom stereocenters. The van der Waals surface area contributed by atoms with Crippen LogP contribution in [0, 0.1) is 0 Å². The van der Waals surface area contributed by atoms with Crippen LogP contribution < -0.4 is 4.84 Å². The van der Waals surface area contributed by atoms with Gasteiger partial charge in [0.15, 0.2) is 0 Å². The van der Waals surface area contributed by atoms with E-state index in [-0.39, 0.29) is 6.61 Å². The zero-order valence-electron chi connectivity index (χ0n) is 7.40. The average molecular weight is 177 g/mol. The van der Waals surface area contributed by atoms with E-state index in [4.69, 9.17) is 9.94 Å². The van der Waals surface area contributed by atoms with Crippen LogP contribution in [0.2, 0.25) is 0 Å². The maximum absolute atomic E-state index is 9.07. The SMILES string of the molecule is COn1ccc2c(CO)cccc21. The Morgan fingerprint density at radius 1 is 1.38 bits per heavy atom. The Labute approximate surface area is 76.1 Å². The highest BCUT2D eigenvalue weighted by Crippen LogP contribution is 2.19. The summed E-state index contributed by atoms with van der Waals surface area (Å²) in [6.07, 6.45) is 1.84. The zero-order chi connectivity index (χ0) is 9.26. The van der Waals surface area contributed by atoms with Gasteiger partial charge in [0.1, 0.15) is 7.11 Å². The third kappa shape index (κ3) is 1.17. The number of aliphatic hydroxyl groups is 1. The maximum atomic E-state index is 9.07. The molecule has 0 bridgehead atoms. The molecule has 1 aromatic carbocycles. The summed E-state index contributed by atoms with van der Waals surface area (Å²) < 4.78 is 1.68. The van der Waals surface area contributed by atoms with Crippen LogP contribution in [0.4, 0.5) is 0 Å². The quantitative estimate of drug-likeness (QED) is 0.747. The number of rotatable bonds is 2. The van der Waals surface area contributed by atoms with E-state index in [2.05, 4.69) is 0 Å². The third-order valence-corrected chi connectivity index (χ3v) is 2.15. The molecule has 2 rings (SSSR count). The number of benzene rings is 1. The summed E-state index contributed by atoms with van der Waals surface area (Å²) in [7, 11) is 1.62. The van der Waals surface area contributed by atoms with Gasteiger partial charge in [-0.05, 0) is 17.7 Å². The van der Waals surface area contributed by atoms with E-state index in [1.54, 1.807) is 11.8 Å². The van der Waals surface area contributed by atoms with Gasteiger partial charge in [-0.3, -0.25) is 0 Å². The Morgan fingerprint density at radius 3 is 2.92 bits per heavy atom. The Kier molecular flexibility index (Phi) is 1.94. The van der Waals surface area contributed by atoms with Gasteiger partial charge in [-0.1, -0.05) is 12.1 Å². The van der Waals surface area contributed by atoms with E-state index >= 15 is 0 Å². The van der Waals surface area contributed by atoms with Crippen molar-refractivity contribution in [2.24, 2.45) is 0 Å². The minimum Gasteiger partial charge on any atom is -0.417 e. The van der Waals surface area contributed by atoms with Crippen molar-refractivity contribution in [1.82, 2.24) is 4.73 Å². The van der Waals surface area contributed by atoms with E-state index < -0.39 is 0 Å². The van der Waals surface area contributed by atoms with Crippen LogP contribution >= 0.6 is 0 Å². The molecule has 0 amide bonds. The molecule has 0 radical (unpaired) electrons. The maximum Gasteiger partial charge on any atom is 0.104 e. The lowest BCUT2D eigenvalue weighted by Crippen LogP contribution is -2.02. The number of aromatic nitrogens is 1. The minimum absolute atomic E-state index is 0.0606. The fourth-order valence-corrected chi connectivity index (χ4v) is 1.50. The second-order valence-corrected chi connectivity index (χ2v) is 2.83. The van der Waals surface area contributed by atoms with Gasteiger partial charge in [0.25, 0.3) is 0 Å². The summed E-state index contributed by atoms with van der Waals surface area (Å²) in [5, 5.41) is 10.1. The predicted octanol–water partition coefficient (Wildman–Crippen LogP) is 1.19. The zero-order valence-corrected chi connectivity index (χ0v) is 7.40. The van der Waals surface area contributed by atoms with E-state index in [1.807, 2.05) is 30.5 Å². The standard InChI is InChI=1S/C10H11NO2/c1-13-11-6-5-9-8(7-12)3-2-4-10(9)11/h2-6,12H,7H2,1H3. The first-order valence-corrected chi connectivity index (χ1v) is 4.11. The van der Waals surface area contributed by atoms with Gasteiger partial charge in [0.05, 0.1) is 12.1 Å². The first-order chi connectivity index (χ1) is 6.36. The molecule has 0 saturated carbocycles. The highest BCUT2D eigenvalue weighted by molar-refractivity contribution is 5.83. The van der Waals surface area contributed by atoms with E-state index in [1.165, 1.54) is 0 Å². The van der Waals surface area contributed by atoms with Crippen molar-refractivity contribution in [2.45, 2.75) is 6.61 Å². The van der Waals surface area contributed by atoms with Crippen LogP contribution in [0.5, 0.6) is 0 Å². The summed E-state index contributed by atoms with van der Waals surface area (Å²) in [6, 6.07) is 7.70. The molecular weight excluding hydrogens is 166 g/mol. The first-order valence-electron chi connectivity index (χ1n) is 4.11. The van der Waals surface area contributed by atoms with Gasteiger partial charge in [-0.25, -0.2) is 0 Å². The van der Waals surface area contributed by atoms with E-state index in [0.717, 1.165) is 16.5 Å². The molecule has 0 spiro atoms. The van der Waals surface area contributed by atoms with Gasteiger partial charge in [0, 0.05) is 11.6 Å². The average Bonchev–Trinajstić information content (AvgIpc) is 2.60. The highest BCUT2D eigenvalue weighted by atomic mass is 16.6. The van der Waals surface area contributed by atoms with Crippen molar-refractivity contribution < 1.29 is 9.94 Å². The molecule has 0 aliphatic heterocycles. The van der Waals surface area contributed by atoms with Crippen LogP contribution in [0.3, 0.4) is 0 Å². The molecule has 1 N–H and O–H groups in total. The predicted molar refractivity (Wildman–Crippen MR) is 50.4 cm³/mol. The molecule has 3 nitrogen and oxygen atoms in total. The number of nitrogens with zero attached hydrogens (tertiary/aromatic N) is 1. The second-order valence-electron chi connectivity index (χ2n) is 2.83. The van der Waals surface area contributed by atoms with Crippen molar-refractivity contribution in [2.75, 3.05) is 7.11 Å². The topological polar surface area (TPSA) is 34.4 Å². The highest BCUT2D eigenvalue weighted by Gasteiger charge is 2.03. The van der Waals surface area contributed by atoms with Gasteiger partial charge >= 0.3 is 0 Å². The fraction of sp³-hybridized carbons (Fsp3) is 0.200. The molecule has 3 heteroatoms. The second kappa shape index (κ2) is 3.11. The molecule has 1 aromatic heterocycles. The summed E-state index contributed by atoms with van der Waals surface area (Å²) in [5.41, 5.74) is 1.90. The van der Waals surface area contributed by atoms with Gasteiger partial charge in [0.2, 0.25) is 0 Å². The molecule has 0 aliphatic carbocycles. The molecule has 0 saturated heterocycles. The van der Waals surface area contributed by atoms with Crippen LogP contribution in [-0.4, -0.2) is 16.9 Å². The number of hydrogen-bond donors (Lipinski definition) is 1. The van der Waals surface area contributed by atoms with Gasteiger partial charge in [-0.15, -0.1) is 0 Å². The lowest BCUT2D eigenvalue weighted by Gasteiger charge is -2.03. The largest absolute Gasteiger partial charge is 0.417 e. The third-order valence-electron chi connectivity index (χ3n) is 2.15. The summed E-state index contributed by atoms with van der Waals surface area (Å²) in [6.45, 7) is 0.0606. The Morgan fingerprint density at radius 2 is 2.23 bits per heavy atom. The number of aliphatic hydroxyl groups excluding tert-OH is 1. The summed E-state index contributed by atoms with van der Waals surface area (Å²) >= 11 is 0. The first kappa shape index (κ1) is 8.13. The van der Waals surface area contributed by atoms with Crippen LogP contribution in [-0.2, 0) is 6.61 Å². The van der Waals surface area contributed by atoms with Gasteiger partial charge in [-0.2, -0.15) is 4.73 Å². The molecule has 0 unspecified atom stereocenters. The molecule has 2 aromatic rings. The monoisotopic (exact) mass is 177 g/mol. The van der Waals surface area contributed by atoms with Crippen molar-refractivity contribution in [1.29, 1.82) is 0 Å². The molecule has 0 fully saturated rings. The van der Waals surface area contributed by atoms with Crippen molar-refractivity contribution in [3.8, 4) is 0 Å².